The Hall–Kier alpha value is -1.56. The lowest BCUT2D eigenvalue weighted by atomic mass is 10.1. The van der Waals surface area contributed by atoms with E-state index < -0.39 is 6.04 Å². The molecular weight excluding hydrogens is 336 g/mol. The van der Waals surface area contributed by atoms with E-state index in [4.69, 9.17) is 24.2 Å². The van der Waals surface area contributed by atoms with Gasteiger partial charge in [-0.05, 0) is 30.2 Å². The molecule has 0 unspecified atom stereocenters. The highest BCUT2D eigenvalue weighted by Crippen LogP contribution is 2.24. The summed E-state index contributed by atoms with van der Waals surface area (Å²) in [6.45, 7) is 5.98. The van der Waals surface area contributed by atoms with Gasteiger partial charge in [0.1, 0.15) is 0 Å². The van der Waals surface area contributed by atoms with Gasteiger partial charge in [-0.1, -0.05) is 17.7 Å². The summed E-state index contributed by atoms with van der Waals surface area (Å²) in [6.07, 6.45) is 5.35. The van der Waals surface area contributed by atoms with Gasteiger partial charge >= 0.3 is 0 Å². The zero-order valence-corrected chi connectivity index (χ0v) is 14.4. The van der Waals surface area contributed by atoms with Crippen LogP contribution in [0.2, 0.25) is 4.34 Å². The Morgan fingerprint density at radius 2 is 2.32 bits per heavy atom. The molecular formula is C16H15ClN2OS2. The van der Waals surface area contributed by atoms with E-state index in [1.54, 1.807) is 22.8 Å². The van der Waals surface area contributed by atoms with Crippen LogP contribution >= 0.6 is 22.9 Å². The molecule has 0 saturated carbocycles. The maximum atomic E-state index is 12.8. The number of nitrogens with zero attached hydrogens (tertiary/aromatic N) is 2. The number of aryl methyl sites for hydroxylation is 1. The number of Topliss-reactive ketones (excluding diaryl/α,β-unsaturated/α-hetero) is 1. The van der Waals surface area contributed by atoms with Crippen LogP contribution in [0.4, 0.5) is 0 Å². The van der Waals surface area contributed by atoms with E-state index in [0.29, 0.717) is 20.8 Å². The Labute approximate surface area is 144 Å². The number of rotatable bonds is 6. The molecule has 1 atom stereocenters. The lowest BCUT2D eigenvalue weighted by molar-refractivity contribution is -0.692. The summed E-state index contributed by atoms with van der Waals surface area (Å²) in [7, 11) is 0. The summed E-state index contributed by atoms with van der Waals surface area (Å²) < 4.78 is 2.37. The zero-order valence-electron chi connectivity index (χ0n) is 12.0. The van der Waals surface area contributed by atoms with E-state index in [1.807, 2.05) is 31.5 Å². The number of aliphatic imine (C=N–C) groups is 1. The third-order valence-corrected chi connectivity index (χ3v) is 4.54. The van der Waals surface area contributed by atoms with Gasteiger partial charge in [0.15, 0.2) is 12.4 Å². The van der Waals surface area contributed by atoms with E-state index in [0.717, 1.165) is 5.56 Å². The number of hydrogen-bond donors (Lipinski definition) is 0. The van der Waals surface area contributed by atoms with Crippen molar-refractivity contribution in [1.29, 1.82) is 0 Å². The van der Waals surface area contributed by atoms with Crippen LogP contribution in [-0.2, 0) is 12.6 Å². The average molecular weight is 351 g/mol. The van der Waals surface area contributed by atoms with Gasteiger partial charge in [0.2, 0.25) is 11.8 Å². The molecule has 0 radical (unpaired) electrons. The third-order valence-electron chi connectivity index (χ3n) is 2.94. The fourth-order valence-corrected chi connectivity index (χ4v) is 3.28. The minimum absolute atomic E-state index is 0.106. The maximum Gasteiger partial charge on any atom is 0.244 e. The second-order valence-electron chi connectivity index (χ2n) is 4.67. The molecule has 2 heterocycles. The Morgan fingerprint density at radius 3 is 2.91 bits per heavy atom. The highest BCUT2D eigenvalue weighted by Gasteiger charge is 2.29. The molecule has 2 aromatic heterocycles. The van der Waals surface area contributed by atoms with Gasteiger partial charge in [-0.15, -0.1) is 17.9 Å². The first kappa shape index (κ1) is 16.8. The third kappa shape index (κ3) is 4.00. The molecule has 22 heavy (non-hydrogen) atoms. The van der Waals surface area contributed by atoms with E-state index in [1.165, 1.54) is 11.3 Å². The number of halogens is 1. The second kappa shape index (κ2) is 7.63. The van der Waals surface area contributed by atoms with Gasteiger partial charge in [-0.2, -0.15) is 4.57 Å². The molecule has 0 amide bonds. The summed E-state index contributed by atoms with van der Waals surface area (Å²) in [5.74, 6) is -0.106. The molecule has 3 nitrogen and oxygen atoms in total. The smallest absolute Gasteiger partial charge is 0.244 e. The zero-order chi connectivity index (χ0) is 16.1. The first-order valence-corrected chi connectivity index (χ1v) is 8.22. The minimum Gasteiger partial charge on any atom is -0.758 e. The van der Waals surface area contributed by atoms with E-state index in [9.17, 15) is 4.79 Å². The van der Waals surface area contributed by atoms with Crippen LogP contribution in [0.1, 0.15) is 21.3 Å². The van der Waals surface area contributed by atoms with Crippen LogP contribution in [0, 0.1) is 6.92 Å². The maximum absolute atomic E-state index is 12.8. The van der Waals surface area contributed by atoms with Crippen molar-refractivity contribution in [2.75, 3.05) is 6.54 Å². The van der Waals surface area contributed by atoms with Crippen LogP contribution in [0.25, 0.3) is 0 Å². The number of carbonyl (C=O) groups is 1. The summed E-state index contributed by atoms with van der Waals surface area (Å²) in [5, 5.41) is 0.338. The van der Waals surface area contributed by atoms with Crippen molar-refractivity contribution in [3.05, 3.63) is 64.1 Å². The van der Waals surface area contributed by atoms with Gasteiger partial charge in [0, 0.05) is 11.6 Å². The summed E-state index contributed by atoms with van der Waals surface area (Å²) in [4.78, 5) is 17.6. The lowest BCUT2D eigenvalue weighted by Gasteiger charge is -2.18. The number of ketones is 1. The molecule has 2 aromatic rings. The van der Waals surface area contributed by atoms with Crippen molar-refractivity contribution in [2.24, 2.45) is 4.99 Å². The predicted molar refractivity (Wildman–Crippen MR) is 93.9 cm³/mol. The normalized spacial score (nSPS) is 12.9. The average Bonchev–Trinajstić information content (AvgIpc) is 2.92. The van der Waals surface area contributed by atoms with E-state index in [2.05, 4.69) is 11.6 Å². The number of thiophene rings is 1. The number of carbonyl (C=O) groups excluding carboxylic acids is 1. The Kier molecular flexibility index (Phi) is 5.83. The first-order valence-electron chi connectivity index (χ1n) is 6.62. The Balaban J connectivity index is 2.45. The van der Waals surface area contributed by atoms with Crippen molar-refractivity contribution in [2.45, 2.75) is 13.0 Å². The van der Waals surface area contributed by atoms with Crippen LogP contribution < -0.4 is 4.57 Å². The molecule has 0 spiro atoms. The summed E-state index contributed by atoms with van der Waals surface area (Å²) >= 11 is 12.5. The van der Waals surface area contributed by atoms with Crippen molar-refractivity contribution < 1.29 is 9.36 Å². The standard InChI is InChI=1S/C16H15ClN2OS2/c1-3-8-18-16(21)14(19-9-4-5-11(2)10-19)15(20)12-6-7-13(17)22-12/h3-7,9-10,14H,1,8H2,2H3/t14-/m0/s1. The van der Waals surface area contributed by atoms with Crippen molar-refractivity contribution in [1.82, 2.24) is 0 Å². The Bertz CT molecular complexity index is 724. The predicted octanol–water partition coefficient (Wildman–Crippen LogP) is 3.55. The topological polar surface area (TPSA) is 33.3 Å². The molecule has 0 N–H and O–H groups in total. The van der Waals surface area contributed by atoms with Crippen LogP contribution in [0.5, 0.6) is 0 Å². The molecule has 6 heteroatoms. The van der Waals surface area contributed by atoms with Crippen LogP contribution in [0.3, 0.4) is 0 Å². The van der Waals surface area contributed by atoms with Crippen molar-refractivity contribution >= 4 is 46.4 Å². The number of aromatic nitrogens is 1. The van der Waals surface area contributed by atoms with Crippen molar-refractivity contribution in [3.63, 3.8) is 0 Å². The van der Waals surface area contributed by atoms with Gasteiger partial charge in [0.25, 0.3) is 0 Å². The molecule has 0 saturated heterocycles. The molecule has 2 rings (SSSR count). The minimum atomic E-state index is -0.649. The highest BCUT2D eigenvalue weighted by atomic mass is 35.5. The van der Waals surface area contributed by atoms with Gasteiger partial charge in [-0.3, -0.25) is 4.79 Å². The molecule has 114 valence electrons. The van der Waals surface area contributed by atoms with Gasteiger partial charge in [-0.25, -0.2) is 0 Å². The molecule has 0 fully saturated rings. The molecule has 0 aliphatic carbocycles. The monoisotopic (exact) mass is 350 g/mol. The largest absolute Gasteiger partial charge is 0.758 e. The fourth-order valence-electron chi connectivity index (χ4n) is 1.97. The van der Waals surface area contributed by atoms with E-state index in [-0.39, 0.29) is 5.78 Å². The lowest BCUT2D eigenvalue weighted by Crippen LogP contribution is -2.47. The molecule has 0 aliphatic rings. The van der Waals surface area contributed by atoms with Crippen molar-refractivity contribution in [3.8, 4) is 0 Å². The molecule has 0 aromatic carbocycles. The Morgan fingerprint density at radius 1 is 1.55 bits per heavy atom. The second-order valence-corrected chi connectivity index (χ2v) is 6.80. The number of pyridine rings is 1. The highest BCUT2D eigenvalue weighted by molar-refractivity contribution is 7.77. The van der Waals surface area contributed by atoms with E-state index >= 15 is 0 Å². The first-order chi connectivity index (χ1) is 10.5. The fraction of sp³-hybridized carbons (Fsp3) is 0.188. The summed E-state index contributed by atoms with van der Waals surface area (Å²) in [5.41, 5.74) is 1.04. The SMILES string of the molecule is C=CCN=C([S-])[C@H](C(=O)c1ccc(Cl)s1)[n+]1cccc(C)c1. The molecule has 0 aliphatic heterocycles. The quantitative estimate of drug-likeness (QED) is 0.199. The summed E-state index contributed by atoms with van der Waals surface area (Å²) in [6, 6.07) is 6.62. The van der Waals surface area contributed by atoms with Gasteiger partial charge < -0.3 is 17.6 Å². The van der Waals surface area contributed by atoms with Gasteiger partial charge in [0.05, 0.1) is 15.8 Å². The molecule has 0 bridgehead atoms. The van der Waals surface area contributed by atoms with Crippen LogP contribution in [0.15, 0.2) is 54.3 Å². The number of hydrogen-bond acceptors (Lipinski definition) is 4. The van der Waals surface area contributed by atoms with Crippen LogP contribution in [-0.4, -0.2) is 17.4 Å².